The average molecular weight is 278 g/mol. The van der Waals surface area contributed by atoms with E-state index in [2.05, 4.69) is 6.92 Å². The SMILES string of the molecule is CCC/C=C1\OC(=O)C2=C1CC[C@H](C(=O)CCC)[C@H]2O. The van der Waals surface area contributed by atoms with E-state index in [1.165, 1.54) is 0 Å². The lowest BCUT2D eigenvalue weighted by Crippen LogP contribution is -2.34. The Hall–Kier alpha value is -1.42. The summed E-state index contributed by atoms with van der Waals surface area (Å²) in [4.78, 5) is 23.9. The Kier molecular flexibility index (Phi) is 4.76. The maximum atomic E-state index is 12.0. The molecule has 0 aromatic heterocycles. The molecular weight excluding hydrogens is 256 g/mol. The van der Waals surface area contributed by atoms with E-state index in [0.717, 1.165) is 24.8 Å². The quantitative estimate of drug-likeness (QED) is 0.785. The molecule has 0 aromatic rings. The van der Waals surface area contributed by atoms with Gasteiger partial charge in [-0.15, -0.1) is 0 Å². The third-order valence-electron chi connectivity index (χ3n) is 3.96. The summed E-state index contributed by atoms with van der Waals surface area (Å²) in [7, 11) is 0. The summed E-state index contributed by atoms with van der Waals surface area (Å²) in [6, 6.07) is 0. The van der Waals surface area contributed by atoms with Crippen molar-refractivity contribution in [3.05, 3.63) is 23.0 Å². The molecule has 1 aliphatic carbocycles. The summed E-state index contributed by atoms with van der Waals surface area (Å²) in [5.74, 6) is -0.298. The molecule has 0 fully saturated rings. The van der Waals surface area contributed by atoms with Crippen LogP contribution < -0.4 is 0 Å². The number of hydrogen-bond acceptors (Lipinski definition) is 4. The van der Waals surface area contributed by atoms with Crippen molar-refractivity contribution in [1.82, 2.24) is 0 Å². The first-order valence-corrected chi connectivity index (χ1v) is 7.46. The first-order chi connectivity index (χ1) is 9.60. The van der Waals surface area contributed by atoms with Crippen LogP contribution in [0.1, 0.15) is 52.4 Å². The molecule has 110 valence electrons. The molecule has 4 nitrogen and oxygen atoms in total. The van der Waals surface area contributed by atoms with Gasteiger partial charge in [0.1, 0.15) is 11.5 Å². The molecule has 2 atom stereocenters. The van der Waals surface area contributed by atoms with Gasteiger partial charge in [-0.05, 0) is 31.8 Å². The van der Waals surface area contributed by atoms with Crippen LogP contribution in [0.4, 0.5) is 0 Å². The number of hydrogen-bond donors (Lipinski definition) is 1. The molecule has 2 aliphatic rings. The van der Waals surface area contributed by atoms with Crippen molar-refractivity contribution in [2.45, 2.75) is 58.5 Å². The zero-order valence-electron chi connectivity index (χ0n) is 12.1. The Balaban J connectivity index is 2.24. The van der Waals surface area contributed by atoms with E-state index in [4.69, 9.17) is 4.74 Å². The second kappa shape index (κ2) is 6.35. The van der Waals surface area contributed by atoms with Gasteiger partial charge in [0.25, 0.3) is 0 Å². The molecule has 0 amide bonds. The number of ketones is 1. The lowest BCUT2D eigenvalue weighted by atomic mass is 9.78. The van der Waals surface area contributed by atoms with Crippen LogP contribution in [0, 0.1) is 5.92 Å². The number of aliphatic hydroxyl groups excluding tert-OH is 1. The van der Waals surface area contributed by atoms with Crippen LogP contribution in [-0.4, -0.2) is 23.0 Å². The Morgan fingerprint density at radius 3 is 2.80 bits per heavy atom. The third kappa shape index (κ3) is 2.70. The minimum absolute atomic E-state index is 0.0466. The van der Waals surface area contributed by atoms with Crippen LogP contribution in [0.25, 0.3) is 0 Å². The summed E-state index contributed by atoms with van der Waals surface area (Å²) in [6.07, 6.45) is 5.17. The van der Waals surface area contributed by atoms with Gasteiger partial charge in [0.05, 0.1) is 11.7 Å². The normalized spacial score (nSPS) is 27.8. The molecule has 2 rings (SSSR count). The van der Waals surface area contributed by atoms with E-state index in [-0.39, 0.29) is 5.78 Å². The van der Waals surface area contributed by atoms with Crippen molar-refractivity contribution in [2.75, 3.05) is 0 Å². The Morgan fingerprint density at radius 2 is 2.15 bits per heavy atom. The van der Waals surface area contributed by atoms with Gasteiger partial charge < -0.3 is 9.84 Å². The number of ether oxygens (including phenoxy) is 1. The van der Waals surface area contributed by atoms with Gasteiger partial charge in [-0.3, -0.25) is 4.79 Å². The molecule has 0 radical (unpaired) electrons. The number of aliphatic hydroxyl groups is 1. The number of unbranched alkanes of at least 4 members (excludes halogenated alkanes) is 1. The monoisotopic (exact) mass is 278 g/mol. The van der Waals surface area contributed by atoms with Crippen molar-refractivity contribution >= 4 is 11.8 Å². The number of carbonyl (C=O) groups is 2. The molecule has 0 aromatic carbocycles. The Labute approximate surface area is 119 Å². The topological polar surface area (TPSA) is 63.6 Å². The lowest BCUT2D eigenvalue weighted by molar-refractivity contribution is -0.135. The van der Waals surface area contributed by atoms with Gasteiger partial charge in [0.15, 0.2) is 0 Å². The number of allylic oxidation sites excluding steroid dienone is 2. The number of rotatable bonds is 5. The highest BCUT2D eigenvalue weighted by Crippen LogP contribution is 2.40. The highest BCUT2D eigenvalue weighted by Gasteiger charge is 2.43. The van der Waals surface area contributed by atoms with Crippen LogP contribution in [0.3, 0.4) is 0 Å². The molecule has 0 saturated heterocycles. The Bertz CT molecular complexity index is 473. The third-order valence-corrected chi connectivity index (χ3v) is 3.96. The van der Waals surface area contributed by atoms with Gasteiger partial charge in [-0.25, -0.2) is 4.79 Å². The second-order valence-electron chi connectivity index (χ2n) is 5.45. The summed E-state index contributed by atoms with van der Waals surface area (Å²) < 4.78 is 5.25. The molecule has 1 aliphatic heterocycles. The first kappa shape index (κ1) is 15.0. The fourth-order valence-electron chi connectivity index (χ4n) is 2.90. The smallest absolute Gasteiger partial charge is 0.342 e. The van der Waals surface area contributed by atoms with Crippen LogP contribution in [-0.2, 0) is 14.3 Å². The molecular formula is C16H22O4. The fraction of sp³-hybridized carbons (Fsp3) is 0.625. The number of esters is 1. The second-order valence-corrected chi connectivity index (χ2v) is 5.45. The molecule has 0 spiro atoms. The molecule has 0 saturated carbocycles. The van der Waals surface area contributed by atoms with E-state index in [9.17, 15) is 14.7 Å². The summed E-state index contributed by atoms with van der Waals surface area (Å²) >= 11 is 0. The summed E-state index contributed by atoms with van der Waals surface area (Å²) in [5.41, 5.74) is 1.12. The standard InChI is InChI=1S/C16H22O4/c1-3-5-7-13-11-9-8-10(12(17)6-4-2)15(18)14(11)16(19)20-13/h7,10,15,18H,3-6,8-9H2,1-2H3/b13-7-/t10-,15-/m1/s1. The molecule has 1 heterocycles. The predicted octanol–water partition coefficient (Wildman–Crippen LogP) is 2.66. The molecule has 1 N–H and O–H groups in total. The average Bonchev–Trinajstić information content (AvgIpc) is 2.74. The van der Waals surface area contributed by atoms with Crippen molar-refractivity contribution in [3.63, 3.8) is 0 Å². The van der Waals surface area contributed by atoms with Gasteiger partial charge in [0.2, 0.25) is 0 Å². The van der Waals surface area contributed by atoms with Crippen molar-refractivity contribution < 1.29 is 19.4 Å². The van der Waals surface area contributed by atoms with Crippen molar-refractivity contribution in [2.24, 2.45) is 5.92 Å². The number of carbonyl (C=O) groups excluding carboxylic acids is 2. The predicted molar refractivity (Wildman–Crippen MR) is 74.8 cm³/mol. The van der Waals surface area contributed by atoms with Gasteiger partial charge >= 0.3 is 5.97 Å². The van der Waals surface area contributed by atoms with Crippen LogP contribution in [0.5, 0.6) is 0 Å². The number of Topliss-reactive ketones (excluding diaryl/α,β-unsaturated/α-hetero) is 1. The van der Waals surface area contributed by atoms with Gasteiger partial charge in [0, 0.05) is 17.9 Å². The maximum Gasteiger partial charge on any atom is 0.342 e. The zero-order valence-corrected chi connectivity index (χ0v) is 12.1. The number of cyclic esters (lactones) is 1. The summed E-state index contributed by atoms with van der Waals surface area (Å²) in [6.45, 7) is 3.99. The van der Waals surface area contributed by atoms with E-state index >= 15 is 0 Å². The van der Waals surface area contributed by atoms with E-state index in [1.54, 1.807) is 0 Å². The van der Waals surface area contributed by atoms with Crippen molar-refractivity contribution in [1.29, 1.82) is 0 Å². The highest BCUT2D eigenvalue weighted by molar-refractivity contribution is 5.97. The fourth-order valence-corrected chi connectivity index (χ4v) is 2.90. The van der Waals surface area contributed by atoms with E-state index < -0.39 is 18.0 Å². The minimum atomic E-state index is -1.00. The zero-order chi connectivity index (χ0) is 14.7. The molecule has 0 bridgehead atoms. The van der Waals surface area contributed by atoms with Crippen LogP contribution in [0.2, 0.25) is 0 Å². The molecule has 20 heavy (non-hydrogen) atoms. The maximum absolute atomic E-state index is 12.0. The van der Waals surface area contributed by atoms with E-state index in [1.807, 2.05) is 13.0 Å². The largest absolute Gasteiger partial charge is 0.423 e. The van der Waals surface area contributed by atoms with E-state index in [0.29, 0.717) is 30.6 Å². The highest BCUT2D eigenvalue weighted by atomic mass is 16.5. The van der Waals surface area contributed by atoms with Crippen LogP contribution in [0.15, 0.2) is 23.0 Å². The minimum Gasteiger partial charge on any atom is -0.423 e. The first-order valence-electron chi connectivity index (χ1n) is 7.46. The van der Waals surface area contributed by atoms with Crippen LogP contribution >= 0.6 is 0 Å². The van der Waals surface area contributed by atoms with Gasteiger partial charge in [-0.1, -0.05) is 20.3 Å². The van der Waals surface area contributed by atoms with Crippen molar-refractivity contribution in [3.8, 4) is 0 Å². The molecule has 0 unspecified atom stereocenters. The lowest BCUT2D eigenvalue weighted by Gasteiger charge is -2.26. The summed E-state index contributed by atoms with van der Waals surface area (Å²) in [5, 5.41) is 10.3. The Morgan fingerprint density at radius 1 is 1.40 bits per heavy atom. The van der Waals surface area contributed by atoms with Gasteiger partial charge in [-0.2, -0.15) is 0 Å². The molecule has 4 heteroatoms.